The van der Waals surface area contributed by atoms with Gasteiger partial charge in [-0.1, -0.05) is 24.6 Å². The van der Waals surface area contributed by atoms with Crippen molar-refractivity contribution < 1.29 is 4.39 Å². The molecule has 1 aliphatic carbocycles. The van der Waals surface area contributed by atoms with Gasteiger partial charge in [0.1, 0.15) is 5.82 Å². The van der Waals surface area contributed by atoms with Crippen LogP contribution < -0.4 is 5.32 Å². The normalized spacial score (nSPS) is 17.2. The SMILES string of the molecule is CCNC(C1=CCCCC1)c1cc2ccc(F)cc2s1. The molecule has 106 valence electrons. The first kappa shape index (κ1) is 13.8. The Balaban J connectivity index is 1.98. The zero-order valence-electron chi connectivity index (χ0n) is 11.8. The van der Waals surface area contributed by atoms with Gasteiger partial charge in [-0.05, 0) is 55.8 Å². The maximum absolute atomic E-state index is 13.3. The van der Waals surface area contributed by atoms with Crippen LogP contribution in [0.25, 0.3) is 10.1 Å². The van der Waals surface area contributed by atoms with Gasteiger partial charge in [0.15, 0.2) is 0 Å². The van der Waals surface area contributed by atoms with Crippen molar-refractivity contribution in [3.63, 3.8) is 0 Å². The molecule has 1 aliphatic rings. The number of thiophene rings is 1. The first-order valence-corrected chi connectivity index (χ1v) is 8.21. The Hall–Kier alpha value is -1.19. The lowest BCUT2D eigenvalue weighted by Crippen LogP contribution is -2.22. The summed E-state index contributed by atoms with van der Waals surface area (Å²) in [6.45, 7) is 3.09. The van der Waals surface area contributed by atoms with Crippen molar-refractivity contribution in [3.8, 4) is 0 Å². The van der Waals surface area contributed by atoms with E-state index in [0.29, 0.717) is 6.04 Å². The molecule has 1 aromatic heterocycles. The zero-order valence-corrected chi connectivity index (χ0v) is 12.6. The molecule has 3 rings (SSSR count). The van der Waals surface area contributed by atoms with Crippen LogP contribution in [0.15, 0.2) is 35.9 Å². The second-order valence-electron chi connectivity index (χ2n) is 5.35. The Morgan fingerprint density at radius 1 is 1.30 bits per heavy atom. The van der Waals surface area contributed by atoms with Crippen molar-refractivity contribution in [1.82, 2.24) is 5.32 Å². The summed E-state index contributed by atoms with van der Waals surface area (Å²) in [5, 5.41) is 4.74. The Kier molecular flexibility index (Phi) is 4.18. The number of allylic oxidation sites excluding steroid dienone is 1. The lowest BCUT2D eigenvalue weighted by Gasteiger charge is -2.23. The summed E-state index contributed by atoms with van der Waals surface area (Å²) in [5.74, 6) is -0.150. The van der Waals surface area contributed by atoms with Gasteiger partial charge in [-0.2, -0.15) is 0 Å². The van der Waals surface area contributed by atoms with Crippen LogP contribution in [0.4, 0.5) is 4.39 Å². The number of halogens is 1. The molecule has 0 amide bonds. The van der Waals surface area contributed by atoms with E-state index in [0.717, 1.165) is 16.6 Å². The molecule has 20 heavy (non-hydrogen) atoms. The smallest absolute Gasteiger partial charge is 0.124 e. The minimum atomic E-state index is -0.150. The van der Waals surface area contributed by atoms with Crippen LogP contribution in [-0.4, -0.2) is 6.54 Å². The van der Waals surface area contributed by atoms with Crippen LogP contribution >= 0.6 is 11.3 Å². The number of benzene rings is 1. The molecule has 0 saturated carbocycles. The highest BCUT2D eigenvalue weighted by atomic mass is 32.1. The average molecular weight is 289 g/mol. The fraction of sp³-hybridized carbons (Fsp3) is 0.412. The summed E-state index contributed by atoms with van der Waals surface area (Å²) < 4.78 is 14.4. The molecule has 2 aromatic rings. The molecule has 1 heterocycles. The van der Waals surface area contributed by atoms with E-state index in [-0.39, 0.29) is 5.82 Å². The summed E-state index contributed by atoms with van der Waals surface area (Å²) in [5.41, 5.74) is 1.50. The molecule has 0 saturated heterocycles. The number of likely N-dealkylation sites (N-methyl/N-ethyl adjacent to an activating group) is 1. The highest BCUT2D eigenvalue weighted by Crippen LogP contribution is 2.36. The molecule has 1 atom stereocenters. The summed E-state index contributed by atoms with van der Waals surface area (Å²) >= 11 is 1.71. The molecule has 0 fully saturated rings. The highest BCUT2D eigenvalue weighted by Gasteiger charge is 2.19. The second kappa shape index (κ2) is 6.06. The van der Waals surface area contributed by atoms with Crippen LogP contribution in [-0.2, 0) is 0 Å². The maximum atomic E-state index is 13.3. The quantitative estimate of drug-likeness (QED) is 0.764. The molecule has 1 N–H and O–H groups in total. The van der Waals surface area contributed by atoms with Gasteiger partial charge in [-0.15, -0.1) is 11.3 Å². The number of nitrogens with one attached hydrogen (secondary N) is 1. The van der Waals surface area contributed by atoms with Crippen LogP contribution in [0.5, 0.6) is 0 Å². The fourth-order valence-electron chi connectivity index (χ4n) is 2.91. The Labute approximate surface area is 123 Å². The maximum Gasteiger partial charge on any atom is 0.124 e. The van der Waals surface area contributed by atoms with Gasteiger partial charge in [-0.3, -0.25) is 0 Å². The summed E-state index contributed by atoms with van der Waals surface area (Å²) in [6.07, 6.45) is 7.35. The number of hydrogen-bond donors (Lipinski definition) is 1. The molecule has 1 aromatic carbocycles. The van der Waals surface area contributed by atoms with E-state index < -0.39 is 0 Å². The number of hydrogen-bond acceptors (Lipinski definition) is 2. The molecule has 0 radical (unpaired) electrons. The van der Waals surface area contributed by atoms with Crippen molar-refractivity contribution in [2.24, 2.45) is 0 Å². The van der Waals surface area contributed by atoms with Crippen molar-refractivity contribution in [2.75, 3.05) is 6.54 Å². The van der Waals surface area contributed by atoms with Gasteiger partial charge in [-0.25, -0.2) is 4.39 Å². The van der Waals surface area contributed by atoms with Gasteiger partial charge >= 0.3 is 0 Å². The third kappa shape index (κ3) is 2.79. The minimum absolute atomic E-state index is 0.150. The third-order valence-electron chi connectivity index (χ3n) is 3.89. The Morgan fingerprint density at radius 3 is 2.95 bits per heavy atom. The third-order valence-corrected chi connectivity index (χ3v) is 5.05. The monoisotopic (exact) mass is 289 g/mol. The first-order chi connectivity index (χ1) is 9.78. The van der Waals surface area contributed by atoms with Gasteiger partial charge in [0.2, 0.25) is 0 Å². The van der Waals surface area contributed by atoms with Crippen LogP contribution in [0.3, 0.4) is 0 Å². The van der Waals surface area contributed by atoms with E-state index in [1.807, 2.05) is 6.07 Å². The largest absolute Gasteiger partial charge is 0.306 e. The lowest BCUT2D eigenvalue weighted by molar-refractivity contribution is 0.570. The van der Waals surface area contributed by atoms with Gasteiger partial charge < -0.3 is 5.32 Å². The summed E-state index contributed by atoms with van der Waals surface area (Å²) in [4.78, 5) is 1.31. The molecule has 1 unspecified atom stereocenters. The van der Waals surface area contributed by atoms with Crippen LogP contribution in [0.1, 0.15) is 43.5 Å². The standard InChI is InChI=1S/C17H20FNS/c1-2-19-17(12-6-4-3-5-7-12)16-10-13-8-9-14(18)11-15(13)20-16/h6,8-11,17,19H,2-5,7H2,1H3. The number of rotatable bonds is 4. The molecule has 1 nitrogen and oxygen atoms in total. The van der Waals surface area contributed by atoms with E-state index in [1.54, 1.807) is 23.5 Å². The van der Waals surface area contributed by atoms with E-state index in [1.165, 1.54) is 36.1 Å². The summed E-state index contributed by atoms with van der Waals surface area (Å²) in [7, 11) is 0. The van der Waals surface area contributed by atoms with Gasteiger partial charge in [0.05, 0.1) is 6.04 Å². The topological polar surface area (TPSA) is 12.0 Å². The molecule has 0 aliphatic heterocycles. The molecule has 0 bridgehead atoms. The van der Waals surface area contributed by atoms with Crippen molar-refractivity contribution >= 4 is 21.4 Å². The predicted octanol–water partition coefficient (Wildman–Crippen LogP) is 5.19. The second-order valence-corrected chi connectivity index (χ2v) is 6.46. The van der Waals surface area contributed by atoms with Crippen molar-refractivity contribution in [2.45, 2.75) is 38.6 Å². The fourth-order valence-corrected chi connectivity index (χ4v) is 4.12. The van der Waals surface area contributed by atoms with Crippen LogP contribution in [0.2, 0.25) is 0 Å². The molecule has 3 heteroatoms. The van der Waals surface area contributed by atoms with E-state index in [4.69, 9.17) is 0 Å². The highest BCUT2D eigenvalue weighted by molar-refractivity contribution is 7.19. The Morgan fingerprint density at radius 2 is 2.20 bits per heavy atom. The molecule has 0 spiro atoms. The Bertz CT molecular complexity index is 629. The van der Waals surface area contributed by atoms with Crippen LogP contribution in [0, 0.1) is 5.82 Å². The van der Waals surface area contributed by atoms with E-state index in [9.17, 15) is 4.39 Å². The zero-order chi connectivity index (χ0) is 13.9. The lowest BCUT2D eigenvalue weighted by atomic mass is 9.93. The first-order valence-electron chi connectivity index (χ1n) is 7.39. The van der Waals surface area contributed by atoms with E-state index >= 15 is 0 Å². The molecular weight excluding hydrogens is 269 g/mol. The average Bonchev–Trinajstić information content (AvgIpc) is 2.88. The number of fused-ring (bicyclic) bond motifs is 1. The van der Waals surface area contributed by atoms with Gasteiger partial charge in [0, 0.05) is 9.58 Å². The van der Waals surface area contributed by atoms with E-state index in [2.05, 4.69) is 24.4 Å². The van der Waals surface area contributed by atoms with Crippen molar-refractivity contribution in [3.05, 3.63) is 46.6 Å². The summed E-state index contributed by atoms with van der Waals surface area (Å²) in [6, 6.07) is 7.58. The van der Waals surface area contributed by atoms with Crippen molar-refractivity contribution in [1.29, 1.82) is 0 Å². The minimum Gasteiger partial charge on any atom is -0.306 e. The van der Waals surface area contributed by atoms with Gasteiger partial charge in [0.25, 0.3) is 0 Å². The predicted molar refractivity (Wildman–Crippen MR) is 84.8 cm³/mol. The molecular formula is C17H20FNS.